The fourth-order valence-corrected chi connectivity index (χ4v) is 2.20. The Morgan fingerprint density at radius 2 is 2.12 bits per heavy atom. The van der Waals surface area contributed by atoms with Crippen LogP contribution in [0.25, 0.3) is 0 Å². The molecule has 0 bridgehead atoms. The van der Waals surface area contributed by atoms with Crippen LogP contribution in [0, 0.1) is 0 Å². The van der Waals surface area contributed by atoms with Crippen LogP contribution in [0.5, 0.6) is 0 Å². The van der Waals surface area contributed by atoms with E-state index in [1.807, 2.05) is 0 Å². The Balaban J connectivity index is 2.29. The quantitative estimate of drug-likeness (QED) is 0.649. The van der Waals surface area contributed by atoms with Gasteiger partial charge in [-0.3, -0.25) is 0 Å². The van der Waals surface area contributed by atoms with Gasteiger partial charge in [0.2, 0.25) is 0 Å². The smallest absolute Gasteiger partial charge is 0.0611 e. The lowest BCUT2D eigenvalue weighted by Gasteiger charge is -2.33. The van der Waals surface area contributed by atoms with Gasteiger partial charge in [-0.1, -0.05) is 13.3 Å². The molecule has 1 rings (SSSR count). The largest absolute Gasteiger partial charge is 0.394 e. The molecule has 2 atom stereocenters. The van der Waals surface area contributed by atoms with Crippen LogP contribution in [0.15, 0.2) is 0 Å². The lowest BCUT2D eigenvalue weighted by Crippen LogP contribution is -2.49. The predicted octanol–water partition coefficient (Wildman–Crippen LogP) is 2.00. The maximum atomic E-state index is 9.54. The molecule has 3 heteroatoms. The maximum Gasteiger partial charge on any atom is 0.0611 e. The second-order valence-corrected chi connectivity index (χ2v) is 6.01. The zero-order chi connectivity index (χ0) is 12.9. The molecule has 3 nitrogen and oxygen atoms in total. The average molecular weight is 242 g/mol. The van der Waals surface area contributed by atoms with Crippen LogP contribution in [-0.4, -0.2) is 47.8 Å². The van der Waals surface area contributed by atoms with E-state index in [4.69, 9.17) is 0 Å². The van der Waals surface area contributed by atoms with Crippen molar-refractivity contribution >= 4 is 0 Å². The van der Waals surface area contributed by atoms with Gasteiger partial charge in [-0.05, 0) is 53.1 Å². The minimum Gasteiger partial charge on any atom is -0.394 e. The molecule has 1 aliphatic rings. The Bertz CT molecular complexity index is 218. The molecule has 0 aliphatic heterocycles. The summed E-state index contributed by atoms with van der Waals surface area (Å²) in [6, 6.07) is 1.30. The van der Waals surface area contributed by atoms with Gasteiger partial charge in [-0.25, -0.2) is 0 Å². The predicted molar refractivity (Wildman–Crippen MR) is 73.3 cm³/mol. The number of aliphatic hydroxyl groups is 1. The van der Waals surface area contributed by atoms with Crippen LogP contribution >= 0.6 is 0 Å². The Kier molecular flexibility index (Phi) is 5.90. The molecule has 1 aliphatic carbocycles. The highest BCUT2D eigenvalue weighted by Gasteiger charge is 2.32. The molecule has 0 aromatic heterocycles. The van der Waals surface area contributed by atoms with Crippen LogP contribution in [0.3, 0.4) is 0 Å². The molecule has 1 fully saturated rings. The summed E-state index contributed by atoms with van der Waals surface area (Å²) in [4.78, 5) is 2.41. The Morgan fingerprint density at radius 3 is 2.59 bits per heavy atom. The molecule has 2 unspecified atom stereocenters. The van der Waals surface area contributed by atoms with E-state index in [2.05, 4.69) is 38.0 Å². The van der Waals surface area contributed by atoms with Gasteiger partial charge in [0.25, 0.3) is 0 Å². The molecule has 0 heterocycles. The van der Waals surface area contributed by atoms with E-state index in [1.165, 1.54) is 25.7 Å². The maximum absolute atomic E-state index is 9.54. The van der Waals surface area contributed by atoms with Crippen molar-refractivity contribution in [3.8, 4) is 0 Å². The highest BCUT2D eigenvalue weighted by molar-refractivity contribution is 4.92. The number of hydrogen-bond donors (Lipinski definition) is 2. The van der Waals surface area contributed by atoms with E-state index in [0.717, 1.165) is 13.0 Å². The van der Waals surface area contributed by atoms with Crippen molar-refractivity contribution in [2.24, 2.45) is 0 Å². The van der Waals surface area contributed by atoms with Crippen molar-refractivity contribution < 1.29 is 5.11 Å². The third kappa shape index (κ3) is 5.36. The first-order valence-electron chi connectivity index (χ1n) is 7.09. The Labute approximate surface area is 107 Å². The first-order valence-corrected chi connectivity index (χ1v) is 7.09. The van der Waals surface area contributed by atoms with Gasteiger partial charge in [-0.15, -0.1) is 0 Å². The topological polar surface area (TPSA) is 35.5 Å². The molecule has 0 amide bonds. The lowest BCUT2D eigenvalue weighted by atomic mass is 9.98. The van der Waals surface area contributed by atoms with Crippen LogP contribution in [0.2, 0.25) is 0 Å². The monoisotopic (exact) mass is 242 g/mol. The minimum absolute atomic E-state index is 0.0959. The van der Waals surface area contributed by atoms with E-state index >= 15 is 0 Å². The second kappa shape index (κ2) is 6.72. The molecule has 2 N–H and O–H groups in total. The summed E-state index contributed by atoms with van der Waals surface area (Å²) in [7, 11) is 2.19. The SMILES string of the molecule is CCCC(C)N(C)CCC(C)(CO)NC1CC1. The number of rotatable bonds is 9. The molecule has 0 spiro atoms. The summed E-state index contributed by atoms with van der Waals surface area (Å²) in [5.74, 6) is 0. The highest BCUT2D eigenvalue weighted by Crippen LogP contribution is 2.24. The van der Waals surface area contributed by atoms with Gasteiger partial charge >= 0.3 is 0 Å². The summed E-state index contributed by atoms with van der Waals surface area (Å²) < 4.78 is 0. The molecular formula is C14H30N2O. The Hall–Kier alpha value is -0.120. The fourth-order valence-electron chi connectivity index (χ4n) is 2.20. The molecule has 0 radical (unpaired) electrons. The van der Waals surface area contributed by atoms with Gasteiger partial charge in [-0.2, -0.15) is 0 Å². The fraction of sp³-hybridized carbons (Fsp3) is 1.00. The molecule has 0 saturated heterocycles. The lowest BCUT2D eigenvalue weighted by molar-refractivity contribution is 0.139. The van der Waals surface area contributed by atoms with E-state index in [1.54, 1.807) is 0 Å². The van der Waals surface area contributed by atoms with Crippen LogP contribution in [0.1, 0.15) is 52.9 Å². The number of hydrogen-bond acceptors (Lipinski definition) is 3. The molecular weight excluding hydrogens is 212 g/mol. The minimum atomic E-state index is -0.0959. The summed E-state index contributed by atoms with van der Waals surface area (Å²) in [6.45, 7) is 7.95. The summed E-state index contributed by atoms with van der Waals surface area (Å²) in [5.41, 5.74) is -0.0959. The highest BCUT2D eigenvalue weighted by atomic mass is 16.3. The van der Waals surface area contributed by atoms with Crippen molar-refractivity contribution in [1.82, 2.24) is 10.2 Å². The van der Waals surface area contributed by atoms with E-state index in [-0.39, 0.29) is 12.1 Å². The molecule has 0 aromatic rings. The normalized spacial score (nSPS) is 21.5. The standard InChI is InChI=1S/C14H30N2O/c1-5-6-12(2)16(4)10-9-14(3,11-17)15-13-7-8-13/h12-13,15,17H,5-11H2,1-4H3. The van der Waals surface area contributed by atoms with Crippen molar-refractivity contribution in [2.75, 3.05) is 20.2 Å². The van der Waals surface area contributed by atoms with Crippen LogP contribution in [-0.2, 0) is 0 Å². The van der Waals surface area contributed by atoms with E-state index < -0.39 is 0 Å². The van der Waals surface area contributed by atoms with Gasteiger partial charge in [0, 0.05) is 17.6 Å². The number of nitrogens with one attached hydrogen (secondary N) is 1. The van der Waals surface area contributed by atoms with Gasteiger partial charge in [0.15, 0.2) is 0 Å². The molecule has 0 aromatic carbocycles. The van der Waals surface area contributed by atoms with Crippen molar-refractivity contribution in [2.45, 2.75) is 70.5 Å². The van der Waals surface area contributed by atoms with E-state index in [9.17, 15) is 5.11 Å². The molecule has 17 heavy (non-hydrogen) atoms. The van der Waals surface area contributed by atoms with Gasteiger partial charge in [0.05, 0.1) is 6.61 Å². The zero-order valence-corrected chi connectivity index (χ0v) is 12.0. The van der Waals surface area contributed by atoms with Crippen LogP contribution in [0.4, 0.5) is 0 Å². The first kappa shape index (κ1) is 14.9. The summed E-state index contributed by atoms with van der Waals surface area (Å²) in [5, 5.41) is 13.1. The summed E-state index contributed by atoms with van der Waals surface area (Å²) >= 11 is 0. The zero-order valence-electron chi connectivity index (χ0n) is 12.0. The van der Waals surface area contributed by atoms with Crippen molar-refractivity contribution in [3.05, 3.63) is 0 Å². The average Bonchev–Trinajstić information content (AvgIpc) is 3.10. The van der Waals surface area contributed by atoms with Crippen molar-refractivity contribution in [3.63, 3.8) is 0 Å². The van der Waals surface area contributed by atoms with Gasteiger partial charge < -0.3 is 15.3 Å². The van der Waals surface area contributed by atoms with Crippen molar-refractivity contribution in [1.29, 1.82) is 0 Å². The third-order valence-corrected chi connectivity index (χ3v) is 3.95. The number of aliphatic hydroxyl groups excluding tert-OH is 1. The van der Waals surface area contributed by atoms with Gasteiger partial charge in [0.1, 0.15) is 0 Å². The number of nitrogens with zero attached hydrogens (tertiary/aromatic N) is 1. The van der Waals surface area contributed by atoms with Crippen LogP contribution < -0.4 is 5.32 Å². The third-order valence-electron chi connectivity index (χ3n) is 3.95. The molecule has 1 saturated carbocycles. The Morgan fingerprint density at radius 1 is 1.47 bits per heavy atom. The summed E-state index contributed by atoms with van der Waals surface area (Å²) in [6.07, 6.45) is 6.06. The molecule has 102 valence electrons. The first-order chi connectivity index (χ1) is 8.00. The van der Waals surface area contributed by atoms with E-state index in [0.29, 0.717) is 12.1 Å². The second-order valence-electron chi connectivity index (χ2n) is 6.01.